The number of benzene rings is 1. The lowest BCUT2D eigenvalue weighted by Gasteiger charge is -2.45. The summed E-state index contributed by atoms with van der Waals surface area (Å²) in [7, 11) is 2.93. The number of unbranched alkanes of at least 4 members (excludes halogenated alkanes) is 23. The molecule has 1 heterocycles. The zero-order valence-corrected chi connectivity index (χ0v) is 50.8. The molecule has 1 amide bonds. The smallest absolute Gasteiger partial charge is 0.338 e. The van der Waals surface area contributed by atoms with Gasteiger partial charge in [0.15, 0.2) is 6.29 Å². The normalized spacial score (nSPS) is 18.6. The number of hydrogen-bond donors (Lipinski definition) is 1. The van der Waals surface area contributed by atoms with E-state index in [4.69, 9.17) is 52.1 Å². The molecule has 0 radical (unpaired) electrons. The van der Waals surface area contributed by atoms with Gasteiger partial charge in [-0.25, -0.2) is 14.4 Å². The zero-order chi connectivity index (χ0) is 58.0. The maximum absolute atomic E-state index is 14.1. The van der Waals surface area contributed by atoms with Gasteiger partial charge >= 0.3 is 17.9 Å². The minimum atomic E-state index is -1.26. The second kappa shape index (κ2) is 44.1. The van der Waals surface area contributed by atoms with Crippen LogP contribution in [-0.4, -0.2) is 132 Å². The molecule has 0 saturated carbocycles. The predicted molar refractivity (Wildman–Crippen MR) is 308 cm³/mol. The summed E-state index contributed by atoms with van der Waals surface area (Å²) < 4.78 is 66.1. The Morgan fingerprint density at radius 3 is 1.57 bits per heavy atom. The van der Waals surface area contributed by atoms with Gasteiger partial charge in [0.25, 0.3) is 0 Å². The van der Waals surface area contributed by atoms with Crippen LogP contribution in [-0.2, 0) is 66.5 Å². The van der Waals surface area contributed by atoms with E-state index < -0.39 is 85.2 Å². The molecule has 0 bridgehead atoms. The summed E-state index contributed by atoms with van der Waals surface area (Å²) >= 11 is 0. The Labute approximate surface area is 477 Å². The molecule has 2 rings (SSSR count). The Bertz CT molecular complexity index is 1730. The van der Waals surface area contributed by atoms with Crippen LogP contribution in [0.2, 0.25) is 0 Å². The van der Waals surface area contributed by atoms with E-state index in [0.29, 0.717) is 12.0 Å². The summed E-state index contributed by atoms with van der Waals surface area (Å²) in [5.74, 6) is -2.00. The molecule has 16 heteroatoms. The number of amides is 1. The lowest BCUT2D eigenvalue weighted by Crippen LogP contribution is -2.63. The second-order valence-electron chi connectivity index (χ2n) is 23.1. The highest BCUT2D eigenvalue weighted by atomic mass is 16.8. The average Bonchev–Trinajstić information content (AvgIpc) is 3.41. The Hall–Kier alpha value is -3.48. The van der Waals surface area contributed by atoms with Gasteiger partial charge in [-0.1, -0.05) is 179 Å². The minimum Gasteiger partial charge on any atom is -0.458 e. The SMILES string of the molecule is CCCCCCCCCCCCCC=C[C@@H](OC(=O)c1ccccc1)[C@H](CO[C@H]1O[C@H](COCC(=O)OC(C)(C)C)[C@H](OCC(=O)OC(C)(C)C)[C@H](OCOC)[C@H]1OCOC)NC(=O)CCCCCCCCCCCCCCC. The Morgan fingerprint density at radius 2 is 1.06 bits per heavy atom. The van der Waals surface area contributed by atoms with Crippen LogP contribution < -0.4 is 5.32 Å². The number of carbonyl (C=O) groups is 4. The van der Waals surface area contributed by atoms with Crippen molar-refractivity contribution in [2.24, 2.45) is 0 Å². The monoisotopic (exact) mass is 1120 g/mol. The summed E-state index contributed by atoms with van der Waals surface area (Å²) in [6.07, 6.45) is 27.3. The molecule has 79 heavy (non-hydrogen) atoms. The highest BCUT2D eigenvalue weighted by Crippen LogP contribution is 2.31. The van der Waals surface area contributed by atoms with Crippen molar-refractivity contribution in [1.82, 2.24) is 5.32 Å². The summed E-state index contributed by atoms with van der Waals surface area (Å²) in [6.45, 7) is 13.2. The van der Waals surface area contributed by atoms with Gasteiger partial charge in [-0.05, 0) is 79.0 Å². The van der Waals surface area contributed by atoms with Crippen LogP contribution in [0.1, 0.15) is 233 Å². The lowest BCUT2D eigenvalue weighted by molar-refractivity contribution is -0.337. The van der Waals surface area contributed by atoms with E-state index in [9.17, 15) is 19.2 Å². The van der Waals surface area contributed by atoms with Crippen molar-refractivity contribution in [3.05, 3.63) is 48.0 Å². The number of methoxy groups -OCH3 is 2. The van der Waals surface area contributed by atoms with Crippen LogP contribution in [0.5, 0.6) is 0 Å². The molecule has 1 aliphatic heterocycles. The fraction of sp³-hybridized carbons (Fsp3) is 0.810. The maximum Gasteiger partial charge on any atom is 0.338 e. The van der Waals surface area contributed by atoms with E-state index in [-0.39, 0.29) is 39.1 Å². The maximum atomic E-state index is 14.1. The molecule has 16 nitrogen and oxygen atoms in total. The Kier molecular flexibility index (Phi) is 40.0. The Morgan fingerprint density at radius 1 is 0.582 bits per heavy atom. The molecule has 7 atom stereocenters. The highest BCUT2D eigenvalue weighted by Gasteiger charge is 2.50. The first-order valence-corrected chi connectivity index (χ1v) is 30.3. The summed E-state index contributed by atoms with van der Waals surface area (Å²) in [5.41, 5.74) is -1.18. The van der Waals surface area contributed by atoms with Crippen molar-refractivity contribution >= 4 is 23.8 Å². The van der Waals surface area contributed by atoms with Gasteiger partial charge < -0.3 is 57.4 Å². The fourth-order valence-electron chi connectivity index (χ4n) is 9.35. The number of ether oxygens (including phenoxy) is 11. The van der Waals surface area contributed by atoms with Crippen LogP contribution in [0.25, 0.3) is 0 Å². The van der Waals surface area contributed by atoms with E-state index in [2.05, 4.69) is 19.2 Å². The van der Waals surface area contributed by atoms with Crippen molar-refractivity contribution in [2.45, 2.75) is 276 Å². The zero-order valence-electron chi connectivity index (χ0n) is 50.8. The first kappa shape index (κ1) is 71.6. The van der Waals surface area contributed by atoms with E-state index >= 15 is 0 Å². The van der Waals surface area contributed by atoms with Crippen LogP contribution in [0, 0.1) is 0 Å². The van der Waals surface area contributed by atoms with E-state index in [0.717, 1.165) is 44.9 Å². The fourth-order valence-corrected chi connectivity index (χ4v) is 9.35. The molecule has 0 unspecified atom stereocenters. The van der Waals surface area contributed by atoms with Gasteiger partial charge in [0.1, 0.15) is 68.5 Å². The lowest BCUT2D eigenvalue weighted by atomic mass is 9.98. The molecule has 1 fully saturated rings. The van der Waals surface area contributed by atoms with Crippen molar-refractivity contribution in [3.8, 4) is 0 Å². The van der Waals surface area contributed by atoms with Crippen molar-refractivity contribution in [1.29, 1.82) is 0 Å². The molecule has 0 aromatic heterocycles. The number of nitrogens with one attached hydrogen (secondary N) is 1. The van der Waals surface area contributed by atoms with Gasteiger partial charge in [-0.15, -0.1) is 0 Å². The second-order valence-corrected chi connectivity index (χ2v) is 23.1. The van der Waals surface area contributed by atoms with Crippen molar-refractivity contribution in [3.63, 3.8) is 0 Å². The topological polar surface area (TPSA) is 182 Å². The third-order valence-corrected chi connectivity index (χ3v) is 13.3. The molecular formula is C63H109NO15. The first-order valence-electron chi connectivity index (χ1n) is 30.3. The standard InChI is InChI=1S/C63H109NO15/c1-11-13-15-17-19-21-23-25-27-29-31-33-38-42-52(76-60(68)50-40-36-35-37-41-50)51(64-54(65)43-39-34-32-30-28-26-24-22-20-18-16-14-12-2)44-73-61-59(75-49-70-10)58(74-48-69-9)57(72-47-56(67)79-63(6,7)8)53(77-61)45-71-46-55(66)78-62(3,4)5/h35-38,40-42,51-53,57-59,61H,11-34,39,43-49H2,1-10H3,(H,64,65)/t51-,52+,53+,57-,58-,59+,61-/m0/s1. The quantitative estimate of drug-likeness (QED) is 0.0214. The molecule has 1 aromatic rings. The van der Waals surface area contributed by atoms with Gasteiger partial charge in [0.2, 0.25) is 5.91 Å². The van der Waals surface area contributed by atoms with Crippen LogP contribution >= 0.6 is 0 Å². The number of allylic oxidation sites excluding steroid dienone is 1. The molecule has 1 saturated heterocycles. The van der Waals surface area contributed by atoms with Crippen molar-refractivity contribution in [2.75, 3.05) is 54.2 Å². The first-order chi connectivity index (χ1) is 38.0. The van der Waals surface area contributed by atoms with E-state index in [1.54, 1.807) is 65.8 Å². The van der Waals surface area contributed by atoms with Crippen molar-refractivity contribution < 1.29 is 71.3 Å². The van der Waals surface area contributed by atoms with Gasteiger partial charge in [-0.2, -0.15) is 0 Å². The number of rotatable bonds is 47. The number of esters is 3. The third kappa shape index (κ3) is 35.9. The summed E-state index contributed by atoms with van der Waals surface area (Å²) in [6, 6.07) is 7.84. The summed E-state index contributed by atoms with van der Waals surface area (Å²) in [4.78, 5) is 53.8. The number of hydrogen-bond acceptors (Lipinski definition) is 15. The highest BCUT2D eigenvalue weighted by molar-refractivity contribution is 5.89. The van der Waals surface area contributed by atoms with Crippen LogP contribution in [0.3, 0.4) is 0 Å². The molecule has 0 aliphatic carbocycles. The van der Waals surface area contributed by atoms with Gasteiger partial charge in [-0.3, -0.25) is 4.79 Å². The van der Waals surface area contributed by atoms with Crippen LogP contribution in [0.4, 0.5) is 0 Å². The minimum absolute atomic E-state index is 0.210. The molecule has 1 N–H and O–H groups in total. The van der Waals surface area contributed by atoms with E-state index in [1.807, 2.05) is 18.2 Å². The molecule has 456 valence electrons. The predicted octanol–water partition coefficient (Wildman–Crippen LogP) is 13.2. The van der Waals surface area contributed by atoms with Gasteiger partial charge in [0, 0.05) is 20.6 Å². The van der Waals surface area contributed by atoms with Gasteiger partial charge in [0.05, 0.1) is 24.8 Å². The largest absolute Gasteiger partial charge is 0.458 e. The molecular weight excluding hydrogens is 1010 g/mol. The average molecular weight is 1120 g/mol. The Balaban J connectivity index is 2.45. The molecule has 0 spiro atoms. The molecule has 1 aliphatic rings. The summed E-state index contributed by atoms with van der Waals surface area (Å²) in [5, 5.41) is 3.18. The van der Waals surface area contributed by atoms with Crippen LogP contribution in [0.15, 0.2) is 42.5 Å². The molecule has 1 aromatic carbocycles. The third-order valence-electron chi connectivity index (χ3n) is 13.3. The van der Waals surface area contributed by atoms with E-state index in [1.165, 1.54) is 123 Å². The number of carbonyl (C=O) groups excluding carboxylic acids is 4.